The maximum absolute atomic E-state index is 11.9. The molecule has 2 rings (SSSR count). The number of ether oxygens (including phenoxy) is 1. The van der Waals surface area contributed by atoms with Crippen LogP contribution in [0.15, 0.2) is 28.7 Å². The molecule has 1 heterocycles. The molecule has 0 aliphatic carbocycles. The maximum atomic E-state index is 11.9. The molecule has 0 bridgehead atoms. The van der Waals surface area contributed by atoms with E-state index in [1.54, 1.807) is 6.92 Å². The SMILES string of the molecule is CCOC(=O)c1c(N)sc(-c2ccc(Br)cc2)c1C. The van der Waals surface area contributed by atoms with Crippen molar-refractivity contribution in [2.75, 3.05) is 12.3 Å². The minimum atomic E-state index is -0.350. The zero-order valence-corrected chi connectivity index (χ0v) is 13.1. The van der Waals surface area contributed by atoms with Crippen molar-refractivity contribution in [2.45, 2.75) is 13.8 Å². The van der Waals surface area contributed by atoms with E-state index in [9.17, 15) is 4.79 Å². The Bertz CT molecular complexity index is 605. The van der Waals surface area contributed by atoms with Crippen molar-refractivity contribution in [3.05, 3.63) is 39.9 Å². The lowest BCUT2D eigenvalue weighted by molar-refractivity contribution is 0.0527. The first-order valence-electron chi connectivity index (χ1n) is 5.86. The molecule has 0 aliphatic rings. The maximum Gasteiger partial charge on any atom is 0.341 e. The largest absolute Gasteiger partial charge is 0.462 e. The van der Waals surface area contributed by atoms with Crippen molar-refractivity contribution >= 4 is 38.2 Å². The monoisotopic (exact) mass is 339 g/mol. The highest BCUT2D eigenvalue weighted by atomic mass is 79.9. The van der Waals surface area contributed by atoms with E-state index in [1.165, 1.54) is 11.3 Å². The number of thiophene rings is 1. The van der Waals surface area contributed by atoms with Crippen molar-refractivity contribution in [3.8, 4) is 10.4 Å². The van der Waals surface area contributed by atoms with Gasteiger partial charge in [-0.15, -0.1) is 11.3 Å². The Morgan fingerprint density at radius 1 is 1.37 bits per heavy atom. The van der Waals surface area contributed by atoms with Crippen LogP contribution in [0, 0.1) is 6.92 Å². The molecule has 0 saturated heterocycles. The predicted octanol–water partition coefficient (Wildman–Crippen LogP) is 4.24. The Morgan fingerprint density at radius 2 is 2.00 bits per heavy atom. The van der Waals surface area contributed by atoms with E-state index in [0.29, 0.717) is 17.2 Å². The van der Waals surface area contributed by atoms with Gasteiger partial charge in [-0.25, -0.2) is 4.79 Å². The molecule has 0 atom stereocenters. The topological polar surface area (TPSA) is 52.3 Å². The highest BCUT2D eigenvalue weighted by Gasteiger charge is 2.21. The van der Waals surface area contributed by atoms with Gasteiger partial charge in [-0.2, -0.15) is 0 Å². The van der Waals surface area contributed by atoms with E-state index in [0.717, 1.165) is 20.5 Å². The zero-order valence-electron chi connectivity index (χ0n) is 10.7. The van der Waals surface area contributed by atoms with Crippen LogP contribution in [0.5, 0.6) is 0 Å². The van der Waals surface area contributed by atoms with Gasteiger partial charge < -0.3 is 10.5 Å². The second-order valence-corrected chi connectivity index (χ2v) is 5.99. The molecule has 3 nitrogen and oxygen atoms in total. The molecular formula is C14H14BrNO2S. The summed E-state index contributed by atoms with van der Waals surface area (Å²) in [6, 6.07) is 7.93. The Kier molecular flexibility index (Phi) is 4.27. The summed E-state index contributed by atoms with van der Waals surface area (Å²) in [5.74, 6) is -0.350. The summed E-state index contributed by atoms with van der Waals surface area (Å²) in [6.45, 7) is 4.03. The van der Waals surface area contributed by atoms with Crippen LogP contribution in [-0.2, 0) is 4.74 Å². The molecule has 1 aromatic heterocycles. The van der Waals surface area contributed by atoms with Gasteiger partial charge in [-0.3, -0.25) is 0 Å². The number of nitrogen functional groups attached to an aromatic ring is 1. The van der Waals surface area contributed by atoms with Crippen LogP contribution in [0.1, 0.15) is 22.8 Å². The third kappa shape index (κ3) is 2.82. The average molecular weight is 340 g/mol. The van der Waals surface area contributed by atoms with E-state index < -0.39 is 0 Å². The normalized spacial score (nSPS) is 10.5. The third-order valence-electron chi connectivity index (χ3n) is 2.76. The summed E-state index contributed by atoms with van der Waals surface area (Å²) in [5.41, 5.74) is 8.37. The number of rotatable bonds is 3. The number of carbonyl (C=O) groups excluding carboxylic acids is 1. The number of halogens is 1. The second-order valence-electron chi connectivity index (χ2n) is 4.02. The molecular weight excluding hydrogens is 326 g/mol. The van der Waals surface area contributed by atoms with Crippen LogP contribution in [0.3, 0.4) is 0 Å². The number of carbonyl (C=O) groups is 1. The molecule has 2 aromatic rings. The Morgan fingerprint density at radius 3 is 2.58 bits per heavy atom. The average Bonchev–Trinajstić information content (AvgIpc) is 2.66. The standard InChI is InChI=1S/C14H14BrNO2S/c1-3-18-14(17)11-8(2)12(19-13(11)16)9-4-6-10(15)7-5-9/h4-7H,3,16H2,1-2H3. The molecule has 1 aromatic carbocycles. The van der Waals surface area contributed by atoms with Crippen molar-refractivity contribution in [3.63, 3.8) is 0 Å². The molecule has 0 saturated carbocycles. The van der Waals surface area contributed by atoms with Crippen molar-refractivity contribution in [2.24, 2.45) is 0 Å². The van der Waals surface area contributed by atoms with Crippen LogP contribution >= 0.6 is 27.3 Å². The van der Waals surface area contributed by atoms with Gasteiger partial charge in [0.1, 0.15) is 5.00 Å². The minimum Gasteiger partial charge on any atom is -0.462 e. The fraction of sp³-hybridized carbons (Fsp3) is 0.214. The van der Waals surface area contributed by atoms with E-state index in [1.807, 2.05) is 31.2 Å². The molecule has 0 spiro atoms. The summed E-state index contributed by atoms with van der Waals surface area (Å²) in [7, 11) is 0. The molecule has 5 heteroatoms. The van der Waals surface area contributed by atoms with Gasteiger partial charge in [0.05, 0.1) is 12.2 Å². The lowest BCUT2D eigenvalue weighted by Crippen LogP contribution is -2.07. The van der Waals surface area contributed by atoms with Gasteiger partial charge in [-0.1, -0.05) is 28.1 Å². The number of anilines is 1. The first kappa shape index (κ1) is 14.1. The van der Waals surface area contributed by atoms with Gasteiger partial charge in [0.2, 0.25) is 0 Å². The van der Waals surface area contributed by atoms with Crippen LogP contribution in [0.25, 0.3) is 10.4 Å². The van der Waals surface area contributed by atoms with Crippen molar-refractivity contribution in [1.29, 1.82) is 0 Å². The van der Waals surface area contributed by atoms with Crippen LogP contribution in [0.4, 0.5) is 5.00 Å². The van der Waals surface area contributed by atoms with Gasteiger partial charge in [-0.05, 0) is 37.1 Å². The zero-order chi connectivity index (χ0) is 14.0. The Balaban J connectivity index is 2.46. The molecule has 0 unspecified atom stereocenters. The fourth-order valence-electron chi connectivity index (χ4n) is 1.87. The van der Waals surface area contributed by atoms with Gasteiger partial charge in [0.15, 0.2) is 0 Å². The number of benzene rings is 1. The van der Waals surface area contributed by atoms with E-state index in [-0.39, 0.29) is 5.97 Å². The van der Waals surface area contributed by atoms with E-state index >= 15 is 0 Å². The first-order valence-corrected chi connectivity index (χ1v) is 7.47. The van der Waals surface area contributed by atoms with Crippen molar-refractivity contribution in [1.82, 2.24) is 0 Å². The number of nitrogens with two attached hydrogens (primary N) is 1. The fourth-order valence-corrected chi connectivity index (χ4v) is 3.20. The molecule has 19 heavy (non-hydrogen) atoms. The Hall–Kier alpha value is -1.33. The molecule has 2 N–H and O–H groups in total. The molecule has 0 amide bonds. The summed E-state index contributed by atoms with van der Waals surface area (Å²) in [6.07, 6.45) is 0. The number of hydrogen-bond donors (Lipinski definition) is 1. The molecule has 0 aliphatic heterocycles. The molecule has 100 valence electrons. The second kappa shape index (κ2) is 5.75. The Labute approximate surface area is 124 Å². The van der Waals surface area contributed by atoms with E-state index in [4.69, 9.17) is 10.5 Å². The van der Waals surface area contributed by atoms with Crippen LogP contribution < -0.4 is 5.73 Å². The summed E-state index contributed by atoms with van der Waals surface area (Å²) >= 11 is 4.82. The molecule has 0 fully saturated rings. The predicted molar refractivity (Wildman–Crippen MR) is 82.6 cm³/mol. The highest BCUT2D eigenvalue weighted by Crippen LogP contribution is 2.38. The van der Waals surface area contributed by atoms with Gasteiger partial charge >= 0.3 is 5.97 Å². The highest BCUT2D eigenvalue weighted by molar-refractivity contribution is 9.10. The number of esters is 1. The first-order chi connectivity index (χ1) is 9.04. The summed E-state index contributed by atoms with van der Waals surface area (Å²) < 4.78 is 6.06. The van der Waals surface area contributed by atoms with Gasteiger partial charge in [0, 0.05) is 9.35 Å². The lowest BCUT2D eigenvalue weighted by atomic mass is 10.1. The smallest absolute Gasteiger partial charge is 0.341 e. The number of hydrogen-bond acceptors (Lipinski definition) is 4. The van der Waals surface area contributed by atoms with Gasteiger partial charge in [0.25, 0.3) is 0 Å². The van der Waals surface area contributed by atoms with Crippen LogP contribution in [-0.4, -0.2) is 12.6 Å². The minimum absolute atomic E-state index is 0.348. The third-order valence-corrected chi connectivity index (χ3v) is 4.46. The summed E-state index contributed by atoms with van der Waals surface area (Å²) in [5, 5.41) is 0.508. The van der Waals surface area contributed by atoms with Crippen LogP contribution in [0.2, 0.25) is 0 Å². The summed E-state index contributed by atoms with van der Waals surface area (Å²) in [4.78, 5) is 12.9. The van der Waals surface area contributed by atoms with Crippen molar-refractivity contribution < 1.29 is 9.53 Å². The quantitative estimate of drug-likeness (QED) is 0.850. The molecule has 0 radical (unpaired) electrons. The lowest BCUT2D eigenvalue weighted by Gasteiger charge is -2.03. The van der Waals surface area contributed by atoms with E-state index in [2.05, 4.69) is 15.9 Å².